The number of hydrogen-bond acceptors (Lipinski definition) is 3. The molecule has 18 heavy (non-hydrogen) atoms. The Morgan fingerprint density at radius 2 is 2.22 bits per heavy atom. The first kappa shape index (κ1) is 14.3. The van der Waals surface area contributed by atoms with Crippen molar-refractivity contribution in [2.45, 2.75) is 13.8 Å². The molecule has 0 fully saturated rings. The van der Waals surface area contributed by atoms with Crippen LogP contribution in [0.25, 0.3) is 0 Å². The number of carbonyl (C=O) groups is 1. The van der Waals surface area contributed by atoms with Gasteiger partial charge in [-0.15, -0.1) is 0 Å². The highest BCUT2D eigenvalue weighted by atomic mass is 16.5. The van der Waals surface area contributed by atoms with Crippen molar-refractivity contribution in [1.29, 1.82) is 0 Å². The number of urea groups is 1. The molecule has 0 heterocycles. The van der Waals surface area contributed by atoms with Crippen LogP contribution in [0.4, 0.5) is 10.5 Å². The van der Waals surface area contributed by atoms with Gasteiger partial charge in [-0.2, -0.15) is 0 Å². The zero-order valence-corrected chi connectivity index (χ0v) is 10.8. The van der Waals surface area contributed by atoms with E-state index in [0.717, 1.165) is 5.75 Å². The summed E-state index contributed by atoms with van der Waals surface area (Å²) < 4.78 is 5.56. The number of aliphatic hydroxyl groups excluding tert-OH is 1. The molecular weight excluding hydrogens is 232 g/mol. The molecule has 0 atom stereocenters. The minimum atomic E-state index is -0.343. The maximum atomic E-state index is 11.4. The molecule has 5 heteroatoms. The van der Waals surface area contributed by atoms with Gasteiger partial charge in [0.15, 0.2) is 0 Å². The first-order valence-corrected chi connectivity index (χ1v) is 6.00. The zero-order chi connectivity index (χ0) is 13.4. The van der Waals surface area contributed by atoms with Gasteiger partial charge in [0.1, 0.15) is 5.75 Å². The number of nitrogens with one attached hydrogen (secondary N) is 2. The van der Waals surface area contributed by atoms with Crippen LogP contribution in [0.15, 0.2) is 24.3 Å². The van der Waals surface area contributed by atoms with E-state index in [0.29, 0.717) is 18.2 Å². The zero-order valence-electron chi connectivity index (χ0n) is 10.8. The van der Waals surface area contributed by atoms with E-state index in [4.69, 9.17) is 9.84 Å². The van der Waals surface area contributed by atoms with Crippen molar-refractivity contribution in [1.82, 2.24) is 5.32 Å². The Labute approximate surface area is 107 Å². The standard InChI is InChI=1S/C13H20N2O3/c1-10(2)9-18-12-5-3-4-11(8-12)15-13(17)14-6-7-16/h3-5,8,10,16H,6-7,9H2,1-2H3,(H2,14,15,17). The summed E-state index contributed by atoms with van der Waals surface area (Å²) in [6.07, 6.45) is 0. The van der Waals surface area contributed by atoms with Crippen molar-refractivity contribution in [2.75, 3.05) is 25.1 Å². The fraction of sp³-hybridized carbons (Fsp3) is 0.462. The molecule has 0 aliphatic rings. The number of ether oxygens (including phenoxy) is 1. The Morgan fingerprint density at radius 3 is 2.89 bits per heavy atom. The van der Waals surface area contributed by atoms with Crippen molar-refractivity contribution in [2.24, 2.45) is 5.92 Å². The second-order valence-corrected chi connectivity index (χ2v) is 4.34. The quantitative estimate of drug-likeness (QED) is 0.723. The molecular formula is C13H20N2O3. The Balaban J connectivity index is 2.51. The van der Waals surface area contributed by atoms with Gasteiger partial charge in [-0.25, -0.2) is 4.79 Å². The largest absolute Gasteiger partial charge is 0.493 e. The smallest absolute Gasteiger partial charge is 0.319 e. The lowest BCUT2D eigenvalue weighted by atomic mass is 10.2. The summed E-state index contributed by atoms with van der Waals surface area (Å²) in [4.78, 5) is 11.4. The summed E-state index contributed by atoms with van der Waals surface area (Å²) in [5, 5.41) is 13.8. The van der Waals surface area contributed by atoms with E-state index in [1.54, 1.807) is 12.1 Å². The number of rotatable bonds is 6. The average molecular weight is 252 g/mol. The van der Waals surface area contributed by atoms with Crippen LogP contribution in [-0.2, 0) is 0 Å². The van der Waals surface area contributed by atoms with Crippen molar-refractivity contribution in [3.8, 4) is 5.75 Å². The van der Waals surface area contributed by atoms with Crippen molar-refractivity contribution >= 4 is 11.7 Å². The van der Waals surface area contributed by atoms with Gasteiger partial charge in [-0.05, 0) is 18.1 Å². The van der Waals surface area contributed by atoms with E-state index in [2.05, 4.69) is 24.5 Å². The van der Waals surface area contributed by atoms with Crippen LogP contribution < -0.4 is 15.4 Å². The van der Waals surface area contributed by atoms with Crippen LogP contribution in [0.5, 0.6) is 5.75 Å². The molecule has 0 aliphatic carbocycles. The van der Waals surface area contributed by atoms with Gasteiger partial charge in [0.2, 0.25) is 0 Å². The molecule has 1 aromatic carbocycles. The lowest BCUT2D eigenvalue weighted by molar-refractivity contribution is 0.244. The highest BCUT2D eigenvalue weighted by Crippen LogP contribution is 2.17. The minimum Gasteiger partial charge on any atom is -0.493 e. The van der Waals surface area contributed by atoms with Crippen molar-refractivity contribution in [3.05, 3.63) is 24.3 Å². The maximum Gasteiger partial charge on any atom is 0.319 e. The van der Waals surface area contributed by atoms with E-state index in [9.17, 15) is 4.79 Å². The number of carbonyl (C=O) groups excluding carboxylic acids is 1. The van der Waals surface area contributed by atoms with Crippen LogP contribution >= 0.6 is 0 Å². The molecule has 0 spiro atoms. The third-order valence-electron chi connectivity index (χ3n) is 2.07. The topological polar surface area (TPSA) is 70.6 Å². The molecule has 0 bridgehead atoms. The van der Waals surface area contributed by atoms with Crippen LogP contribution in [0.3, 0.4) is 0 Å². The monoisotopic (exact) mass is 252 g/mol. The third kappa shape index (κ3) is 5.54. The lowest BCUT2D eigenvalue weighted by Crippen LogP contribution is -2.30. The van der Waals surface area contributed by atoms with Gasteiger partial charge in [-0.1, -0.05) is 19.9 Å². The molecule has 0 radical (unpaired) electrons. The summed E-state index contributed by atoms with van der Waals surface area (Å²) in [6, 6.07) is 6.86. The predicted octanol–water partition coefficient (Wildman–Crippen LogP) is 1.84. The molecule has 1 rings (SSSR count). The minimum absolute atomic E-state index is 0.0784. The van der Waals surface area contributed by atoms with E-state index >= 15 is 0 Å². The number of aliphatic hydroxyl groups is 1. The Morgan fingerprint density at radius 1 is 1.44 bits per heavy atom. The Hall–Kier alpha value is -1.75. The van der Waals surface area contributed by atoms with Crippen LogP contribution in [0.2, 0.25) is 0 Å². The van der Waals surface area contributed by atoms with Crippen LogP contribution in [-0.4, -0.2) is 30.9 Å². The number of hydrogen-bond donors (Lipinski definition) is 3. The van der Waals surface area contributed by atoms with Gasteiger partial charge < -0.3 is 20.5 Å². The average Bonchev–Trinajstić information content (AvgIpc) is 2.34. The molecule has 0 saturated heterocycles. The first-order valence-electron chi connectivity index (χ1n) is 6.00. The second kappa shape index (κ2) is 7.55. The van der Waals surface area contributed by atoms with Crippen molar-refractivity contribution in [3.63, 3.8) is 0 Å². The second-order valence-electron chi connectivity index (χ2n) is 4.34. The number of amides is 2. The molecule has 100 valence electrons. The molecule has 2 amide bonds. The molecule has 5 nitrogen and oxygen atoms in total. The molecule has 0 unspecified atom stereocenters. The summed E-state index contributed by atoms with van der Waals surface area (Å²) in [5.41, 5.74) is 0.659. The van der Waals surface area contributed by atoms with Gasteiger partial charge in [-0.3, -0.25) is 0 Å². The predicted molar refractivity (Wildman–Crippen MR) is 70.9 cm³/mol. The first-order chi connectivity index (χ1) is 8.61. The molecule has 1 aromatic rings. The van der Waals surface area contributed by atoms with Gasteiger partial charge in [0, 0.05) is 18.3 Å². The lowest BCUT2D eigenvalue weighted by Gasteiger charge is -2.11. The van der Waals surface area contributed by atoms with Crippen LogP contribution in [0, 0.1) is 5.92 Å². The highest BCUT2D eigenvalue weighted by Gasteiger charge is 2.02. The Kier molecular flexibility index (Phi) is 6.00. The summed E-state index contributed by atoms with van der Waals surface area (Å²) >= 11 is 0. The summed E-state index contributed by atoms with van der Waals surface area (Å²) in [6.45, 7) is 4.94. The number of benzene rings is 1. The van der Waals surface area contributed by atoms with E-state index in [1.165, 1.54) is 0 Å². The fourth-order valence-corrected chi connectivity index (χ4v) is 1.27. The van der Waals surface area contributed by atoms with E-state index in [1.807, 2.05) is 12.1 Å². The van der Waals surface area contributed by atoms with E-state index in [-0.39, 0.29) is 19.2 Å². The van der Waals surface area contributed by atoms with Gasteiger partial charge in [0.25, 0.3) is 0 Å². The summed E-state index contributed by atoms with van der Waals surface area (Å²) in [5.74, 6) is 1.18. The fourth-order valence-electron chi connectivity index (χ4n) is 1.27. The number of anilines is 1. The molecule has 0 aromatic heterocycles. The summed E-state index contributed by atoms with van der Waals surface area (Å²) in [7, 11) is 0. The molecule has 0 aliphatic heterocycles. The van der Waals surface area contributed by atoms with Crippen molar-refractivity contribution < 1.29 is 14.6 Å². The van der Waals surface area contributed by atoms with Gasteiger partial charge >= 0.3 is 6.03 Å². The molecule has 0 saturated carbocycles. The van der Waals surface area contributed by atoms with Crippen LogP contribution in [0.1, 0.15) is 13.8 Å². The molecule has 3 N–H and O–H groups in total. The SMILES string of the molecule is CC(C)COc1cccc(NC(=O)NCCO)c1. The third-order valence-corrected chi connectivity index (χ3v) is 2.07. The highest BCUT2D eigenvalue weighted by molar-refractivity contribution is 5.89. The normalized spacial score (nSPS) is 10.2. The van der Waals surface area contributed by atoms with E-state index < -0.39 is 0 Å². The Bertz CT molecular complexity index is 380. The maximum absolute atomic E-state index is 11.4. The van der Waals surface area contributed by atoms with Gasteiger partial charge in [0.05, 0.1) is 13.2 Å².